The quantitative estimate of drug-likeness (QED) is 0.881. The maximum Gasteiger partial charge on any atom is 0.317 e. The van der Waals surface area contributed by atoms with Gasteiger partial charge in [0.2, 0.25) is 0 Å². The zero-order valence-electron chi connectivity index (χ0n) is 16.4. The summed E-state index contributed by atoms with van der Waals surface area (Å²) in [6.45, 7) is 5.47. The van der Waals surface area contributed by atoms with Gasteiger partial charge in [-0.1, -0.05) is 12.1 Å². The molecule has 3 heterocycles. The molecule has 1 aromatic carbocycles. The predicted octanol–water partition coefficient (Wildman–Crippen LogP) is 2.31. The summed E-state index contributed by atoms with van der Waals surface area (Å²) in [6, 6.07) is 7.75. The molecule has 1 N–H and O–H groups in total. The summed E-state index contributed by atoms with van der Waals surface area (Å²) in [4.78, 5) is 31.8. The van der Waals surface area contributed by atoms with Crippen LogP contribution in [0.15, 0.2) is 29.1 Å². The number of ether oxygens (including phenoxy) is 1. The van der Waals surface area contributed by atoms with Crippen LogP contribution in [-0.2, 0) is 11.3 Å². The summed E-state index contributed by atoms with van der Waals surface area (Å²) in [6.07, 6.45) is 3.58. The average molecular weight is 384 g/mol. The van der Waals surface area contributed by atoms with Crippen molar-refractivity contribution in [2.75, 3.05) is 26.3 Å². The van der Waals surface area contributed by atoms with E-state index in [0.29, 0.717) is 17.8 Å². The second-order valence-electron chi connectivity index (χ2n) is 7.86. The molecule has 150 valence electrons. The normalized spacial score (nSPS) is 19.1. The van der Waals surface area contributed by atoms with Gasteiger partial charge in [0.1, 0.15) is 5.82 Å². The lowest BCUT2D eigenvalue weighted by Crippen LogP contribution is -2.49. The van der Waals surface area contributed by atoms with Crippen molar-refractivity contribution >= 4 is 16.9 Å². The molecule has 0 atom stereocenters. The van der Waals surface area contributed by atoms with Crippen LogP contribution in [-0.4, -0.2) is 52.8 Å². The van der Waals surface area contributed by atoms with E-state index in [1.165, 1.54) is 0 Å². The number of fused-ring (bicyclic) bond motifs is 1. The SMILES string of the molecule is Cc1nc2ccccc2c(=O)n1CC1CCN(C(=O)NC2CCOCC2)CC1. The van der Waals surface area contributed by atoms with Crippen molar-refractivity contribution < 1.29 is 9.53 Å². The first-order valence-electron chi connectivity index (χ1n) is 10.2. The molecule has 0 aliphatic carbocycles. The fourth-order valence-electron chi connectivity index (χ4n) is 4.18. The minimum Gasteiger partial charge on any atom is -0.381 e. The molecule has 2 aromatic rings. The van der Waals surface area contributed by atoms with Gasteiger partial charge in [-0.3, -0.25) is 9.36 Å². The Morgan fingerprint density at radius 2 is 1.89 bits per heavy atom. The maximum atomic E-state index is 12.9. The Morgan fingerprint density at radius 3 is 2.64 bits per heavy atom. The number of piperidine rings is 1. The Bertz CT molecular complexity index is 896. The van der Waals surface area contributed by atoms with Crippen molar-refractivity contribution in [3.8, 4) is 0 Å². The number of nitrogens with one attached hydrogen (secondary N) is 1. The Morgan fingerprint density at radius 1 is 1.18 bits per heavy atom. The van der Waals surface area contributed by atoms with E-state index in [4.69, 9.17) is 4.74 Å². The van der Waals surface area contributed by atoms with Gasteiger partial charge in [0.05, 0.1) is 10.9 Å². The van der Waals surface area contributed by atoms with Crippen LogP contribution in [0.2, 0.25) is 0 Å². The number of para-hydroxylation sites is 1. The van der Waals surface area contributed by atoms with Crippen molar-refractivity contribution in [2.24, 2.45) is 5.92 Å². The molecule has 28 heavy (non-hydrogen) atoms. The number of rotatable bonds is 3. The third-order valence-corrected chi connectivity index (χ3v) is 5.94. The Hall–Kier alpha value is -2.41. The van der Waals surface area contributed by atoms with Crippen molar-refractivity contribution in [3.05, 3.63) is 40.4 Å². The highest BCUT2D eigenvalue weighted by atomic mass is 16.5. The van der Waals surface area contributed by atoms with Crippen LogP contribution in [0.5, 0.6) is 0 Å². The molecule has 2 fully saturated rings. The van der Waals surface area contributed by atoms with Gasteiger partial charge in [0.15, 0.2) is 0 Å². The molecule has 0 bridgehead atoms. The summed E-state index contributed by atoms with van der Waals surface area (Å²) < 4.78 is 7.14. The van der Waals surface area contributed by atoms with Gasteiger partial charge in [0, 0.05) is 38.9 Å². The number of carbonyl (C=O) groups excluding carboxylic acids is 1. The van der Waals surface area contributed by atoms with Crippen LogP contribution in [0.4, 0.5) is 4.79 Å². The van der Waals surface area contributed by atoms with Gasteiger partial charge in [-0.05, 0) is 50.7 Å². The van der Waals surface area contributed by atoms with E-state index in [-0.39, 0.29) is 17.6 Å². The third kappa shape index (κ3) is 4.04. The topological polar surface area (TPSA) is 76.5 Å². The highest BCUT2D eigenvalue weighted by Crippen LogP contribution is 2.20. The Labute approximate surface area is 164 Å². The first-order valence-corrected chi connectivity index (χ1v) is 10.2. The molecule has 1 aromatic heterocycles. The lowest BCUT2D eigenvalue weighted by molar-refractivity contribution is 0.0770. The molecule has 2 saturated heterocycles. The van der Waals surface area contributed by atoms with Crippen LogP contribution in [0.1, 0.15) is 31.5 Å². The second-order valence-corrected chi connectivity index (χ2v) is 7.86. The summed E-state index contributed by atoms with van der Waals surface area (Å²) >= 11 is 0. The second kappa shape index (κ2) is 8.31. The highest BCUT2D eigenvalue weighted by Gasteiger charge is 2.26. The molecular formula is C21H28N4O3. The van der Waals surface area contributed by atoms with E-state index in [9.17, 15) is 9.59 Å². The number of hydrogen-bond acceptors (Lipinski definition) is 4. The number of amides is 2. The lowest BCUT2D eigenvalue weighted by Gasteiger charge is -2.34. The maximum absolute atomic E-state index is 12.9. The number of urea groups is 1. The number of likely N-dealkylation sites (tertiary alicyclic amines) is 1. The molecule has 0 unspecified atom stereocenters. The van der Waals surface area contributed by atoms with Crippen molar-refractivity contribution in [1.82, 2.24) is 19.8 Å². The Balaban J connectivity index is 1.36. The molecule has 0 spiro atoms. The number of carbonyl (C=O) groups is 1. The summed E-state index contributed by atoms with van der Waals surface area (Å²) in [7, 11) is 0. The molecular weight excluding hydrogens is 356 g/mol. The minimum atomic E-state index is 0.0304. The number of benzene rings is 1. The average Bonchev–Trinajstić information content (AvgIpc) is 2.72. The standard InChI is InChI=1S/C21H28N4O3/c1-15-22-19-5-3-2-4-18(19)20(26)25(15)14-16-6-10-24(11-7-16)21(27)23-17-8-12-28-13-9-17/h2-5,16-17H,6-14H2,1H3,(H,23,27). The third-order valence-electron chi connectivity index (χ3n) is 5.94. The molecule has 4 rings (SSSR count). The zero-order valence-corrected chi connectivity index (χ0v) is 16.4. The zero-order chi connectivity index (χ0) is 19.5. The van der Waals surface area contributed by atoms with Crippen molar-refractivity contribution in [1.29, 1.82) is 0 Å². The van der Waals surface area contributed by atoms with Gasteiger partial charge in [-0.2, -0.15) is 0 Å². The van der Waals surface area contributed by atoms with Crippen LogP contribution < -0.4 is 10.9 Å². The molecule has 2 amide bonds. The van der Waals surface area contributed by atoms with Gasteiger partial charge in [-0.25, -0.2) is 9.78 Å². The van der Waals surface area contributed by atoms with Gasteiger partial charge in [-0.15, -0.1) is 0 Å². The fourth-order valence-corrected chi connectivity index (χ4v) is 4.18. The number of hydrogen-bond donors (Lipinski definition) is 1. The van der Waals surface area contributed by atoms with E-state index in [1.807, 2.05) is 36.1 Å². The first-order chi connectivity index (χ1) is 13.6. The smallest absolute Gasteiger partial charge is 0.317 e. The molecule has 2 aliphatic heterocycles. The van der Waals surface area contributed by atoms with Gasteiger partial charge < -0.3 is 15.0 Å². The monoisotopic (exact) mass is 384 g/mol. The highest BCUT2D eigenvalue weighted by molar-refractivity contribution is 5.77. The molecule has 0 saturated carbocycles. The number of aromatic nitrogens is 2. The van der Waals surface area contributed by atoms with Crippen molar-refractivity contribution in [3.63, 3.8) is 0 Å². The van der Waals surface area contributed by atoms with E-state index in [2.05, 4.69) is 10.3 Å². The van der Waals surface area contributed by atoms with Gasteiger partial charge in [0.25, 0.3) is 5.56 Å². The largest absolute Gasteiger partial charge is 0.381 e. The number of nitrogens with zero attached hydrogens (tertiary/aromatic N) is 3. The van der Waals surface area contributed by atoms with E-state index >= 15 is 0 Å². The van der Waals surface area contributed by atoms with Gasteiger partial charge >= 0.3 is 6.03 Å². The number of aryl methyl sites for hydroxylation is 1. The summed E-state index contributed by atoms with van der Waals surface area (Å²) in [5, 5.41) is 3.80. The fraction of sp³-hybridized carbons (Fsp3) is 0.571. The lowest BCUT2D eigenvalue weighted by atomic mass is 9.96. The van der Waals surface area contributed by atoms with Crippen LogP contribution in [0.3, 0.4) is 0 Å². The summed E-state index contributed by atoms with van der Waals surface area (Å²) in [5.74, 6) is 1.13. The van der Waals surface area contributed by atoms with E-state index < -0.39 is 0 Å². The summed E-state index contributed by atoms with van der Waals surface area (Å²) in [5.41, 5.74) is 0.781. The van der Waals surface area contributed by atoms with Crippen molar-refractivity contribution in [2.45, 2.75) is 45.2 Å². The molecule has 0 radical (unpaired) electrons. The van der Waals surface area contributed by atoms with Crippen LogP contribution in [0.25, 0.3) is 10.9 Å². The van der Waals surface area contributed by atoms with E-state index in [1.54, 1.807) is 4.57 Å². The first kappa shape index (κ1) is 18.9. The predicted molar refractivity (Wildman–Crippen MR) is 107 cm³/mol. The Kier molecular flexibility index (Phi) is 5.62. The van der Waals surface area contributed by atoms with Crippen LogP contribution in [0, 0.1) is 12.8 Å². The minimum absolute atomic E-state index is 0.0304. The van der Waals surface area contributed by atoms with Crippen LogP contribution >= 0.6 is 0 Å². The molecule has 7 heteroatoms. The van der Waals surface area contributed by atoms with E-state index in [0.717, 1.165) is 63.3 Å². The molecule has 2 aliphatic rings. The molecule has 7 nitrogen and oxygen atoms in total.